The molecule has 0 aromatic carbocycles. The van der Waals surface area contributed by atoms with Crippen LogP contribution in [0.3, 0.4) is 0 Å². The molecule has 0 radical (unpaired) electrons. The van der Waals surface area contributed by atoms with E-state index in [4.69, 9.17) is 0 Å². The highest BCUT2D eigenvalue weighted by atomic mass is 32.2. The summed E-state index contributed by atoms with van der Waals surface area (Å²) in [6.07, 6.45) is 2.65. The van der Waals surface area contributed by atoms with Gasteiger partial charge in [-0.3, -0.25) is 9.69 Å². The lowest BCUT2D eigenvalue weighted by molar-refractivity contribution is -0.124. The SMILES string of the molecule is O=C1CNC(=O)N1CCSc1nncn1CCc1cccs1. The van der Waals surface area contributed by atoms with Gasteiger partial charge in [-0.05, 0) is 17.9 Å². The molecule has 0 unspecified atom stereocenters. The average Bonchev–Trinajstić information content (AvgIpc) is 3.23. The number of thioether (sulfide) groups is 1. The van der Waals surface area contributed by atoms with Gasteiger partial charge in [0.2, 0.25) is 5.91 Å². The van der Waals surface area contributed by atoms with Crippen LogP contribution < -0.4 is 5.32 Å². The van der Waals surface area contributed by atoms with Gasteiger partial charge in [-0.15, -0.1) is 21.5 Å². The van der Waals surface area contributed by atoms with E-state index in [2.05, 4.69) is 27.0 Å². The summed E-state index contributed by atoms with van der Waals surface area (Å²) < 4.78 is 2.00. The van der Waals surface area contributed by atoms with Gasteiger partial charge in [-0.2, -0.15) is 0 Å². The molecule has 0 spiro atoms. The number of carbonyl (C=O) groups is 2. The number of nitrogens with one attached hydrogen (secondary N) is 1. The van der Waals surface area contributed by atoms with Crippen LogP contribution in [0.2, 0.25) is 0 Å². The maximum Gasteiger partial charge on any atom is 0.324 e. The molecular formula is C13H15N5O2S2. The number of carbonyl (C=O) groups excluding carboxylic acids is 2. The Morgan fingerprint density at radius 2 is 2.27 bits per heavy atom. The summed E-state index contributed by atoms with van der Waals surface area (Å²) in [7, 11) is 0. The minimum atomic E-state index is -0.315. The molecule has 1 fully saturated rings. The van der Waals surface area contributed by atoms with Crippen molar-refractivity contribution >= 4 is 35.0 Å². The van der Waals surface area contributed by atoms with E-state index in [1.54, 1.807) is 17.7 Å². The zero-order chi connectivity index (χ0) is 15.4. The largest absolute Gasteiger partial charge is 0.329 e. The van der Waals surface area contributed by atoms with E-state index in [-0.39, 0.29) is 18.5 Å². The van der Waals surface area contributed by atoms with Crippen molar-refractivity contribution in [1.29, 1.82) is 0 Å². The van der Waals surface area contributed by atoms with Gasteiger partial charge in [-0.1, -0.05) is 17.8 Å². The molecule has 2 aromatic heterocycles. The van der Waals surface area contributed by atoms with Crippen molar-refractivity contribution in [2.45, 2.75) is 18.1 Å². The van der Waals surface area contributed by atoms with Crippen LogP contribution in [0.4, 0.5) is 4.79 Å². The summed E-state index contributed by atoms with van der Waals surface area (Å²) in [5.41, 5.74) is 0. The summed E-state index contributed by atoms with van der Waals surface area (Å²) in [4.78, 5) is 25.5. The van der Waals surface area contributed by atoms with Crippen molar-refractivity contribution < 1.29 is 9.59 Å². The van der Waals surface area contributed by atoms with Gasteiger partial charge in [0.15, 0.2) is 5.16 Å². The highest BCUT2D eigenvalue weighted by molar-refractivity contribution is 7.99. The third-order valence-electron chi connectivity index (χ3n) is 3.24. The summed E-state index contributed by atoms with van der Waals surface area (Å²) >= 11 is 3.24. The Kier molecular flexibility index (Phi) is 4.74. The van der Waals surface area contributed by atoms with Gasteiger partial charge < -0.3 is 9.88 Å². The number of aromatic nitrogens is 3. The van der Waals surface area contributed by atoms with Gasteiger partial charge in [0.1, 0.15) is 6.33 Å². The van der Waals surface area contributed by atoms with Crippen LogP contribution in [0.5, 0.6) is 0 Å². The first-order chi connectivity index (χ1) is 10.7. The van der Waals surface area contributed by atoms with Crippen molar-refractivity contribution in [3.8, 4) is 0 Å². The van der Waals surface area contributed by atoms with Gasteiger partial charge in [0.05, 0.1) is 6.54 Å². The number of aryl methyl sites for hydroxylation is 2. The van der Waals surface area contributed by atoms with Crippen molar-refractivity contribution in [1.82, 2.24) is 25.0 Å². The van der Waals surface area contributed by atoms with Crippen LogP contribution >= 0.6 is 23.1 Å². The Hall–Kier alpha value is -1.87. The van der Waals surface area contributed by atoms with E-state index >= 15 is 0 Å². The Labute approximate surface area is 135 Å². The maximum atomic E-state index is 11.5. The first kappa shape index (κ1) is 15.0. The van der Waals surface area contributed by atoms with Crippen LogP contribution in [0.1, 0.15) is 4.88 Å². The van der Waals surface area contributed by atoms with E-state index < -0.39 is 0 Å². The zero-order valence-electron chi connectivity index (χ0n) is 11.8. The monoisotopic (exact) mass is 337 g/mol. The van der Waals surface area contributed by atoms with Crippen molar-refractivity contribution in [2.24, 2.45) is 0 Å². The predicted molar refractivity (Wildman–Crippen MR) is 83.9 cm³/mol. The number of amides is 3. The second kappa shape index (κ2) is 6.93. The molecule has 3 amide bonds. The zero-order valence-corrected chi connectivity index (χ0v) is 13.4. The summed E-state index contributed by atoms with van der Waals surface area (Å²) in [5.74, 6) is 0.432. The first-order valence-corrected chi connectivity index (χ1v) is 8.72. The van der Waals surface area contributed by atoms with Crippen LogP contribution in [-0.2, 0) is 17.8 Å². The van der Waals surface area contributed by atoms with Crippen LogP contribution in [0.15, 0.2) is 29.0 Å². The lowest BCUT2D eigenvalue weighted by Crippen LogP contribution is -2.32. The average molecular weight is 337 g/mol. The molecule has 9 heteroatoms. The van der Waals surface area contributed by atoms with Crippen LogP contribution in [0, 0.1) is 0 Å². The van der Waals surface area contributed by atoms with Gasteiger partial charge in [0.25, 0.3) is 0 Å². The highest BCUT2D eigenvalue weighted by Gasteiger charge is 2.27. The molecule has 116 valence electrons. The fraction of sp³-hybridized carbons (Fsp3) is 0.385. The fourth-order valence-corrected chi connectivity index (χ4v) is 3.67. The molecule has 3 heterocycles. The molecule has 3 rings (SSSR count). The Morgan fingerprint density at radius 3 is 3.00 bits per heavy atom. The standard InChI is InChI=1S/C13H15N5O2S2/c19-11-8-14-12(20)18(11)5-7-22-13-16-15-9-17(13)4-3-10-2-1-6-21-10/h1-2,6,9H,3-5,7-8H2,(H,14,20). The molecule has 0 bridgehead atoms. The summed E-state index contributed by atoms with van der Waals surface area (Å²) in [6.45, 7) is 1.30. The minimum Gasteiger partial charge on any atom is -0.329 e. The molecule has 0 atom stereocenters. The molecule has 1 aliphatic heterocycles. The van der Waals surface area contributed by atoms with E-state index in [1.165, 1.54) is 21.5 Å². The quantitative estimate of drug-likeness (QED) is 0.607. The molecule has 1 N–H and O–H groups in total. The Bertz CT molecular complexity index is 639. The molecular weight excluding hydrogens is 322 g/mol. The Balaban J connectivity index is 1.49. The second-order valence-electron chi connectivity index (χ2n) is 4.69. The van der Waals surface area contributed by atoms with E-state index in [9.17, 15) is 9.59 Å². The van der Waals surface area contributed by atoms with Gasteiger partial charge >= 0.3 is 6.03 Å². The second-order valence-corrected chi connectivity index (χ2v) is 6.78. The highest BCUT2D eigenvalue weighted by Crippen LogP contribution is 2.17. The maximum absolute atomic E-state index is 11.5. The number of nitrogens with zero attached hydrogens (tertiary/aromatic N) is 4. The Morgan fingerprint density at radius 1 is 1.36 bits per heavy atom. The number of hydrogen-bond donors (Lipinski definition) is 1. The van der Waals surface area contributed by atoms with E-state index in [0.717, 1.165) is 18.1 Å². The molecule has 0 saturated carbocycles. The summed E-state index contributed by atoms with van der Waals surface area (Å²) in [5, 5.41) is 13.4. The first-order valence-electron chi connectivity index (χ1n) is 6.85. The molecule has 7 nitrogen and oxygen atoms in total. The fourth-order valence-electron chi connectivity index (χ4n) is 2.10. The van der Waals surface area contributed by atoms with Crippen LogP contribution in [-0.4, -0.2) is 50.4 Å². The lowest BCUT2D eigenvalue weighted by atomic mass is 10.3. The summed E-state index contributed by atoms with van der Waals surface area (Å²) in [6, 6.07) is 3.84. The number of urea groups is 1. The number of rotatable bonds is 7. The molecule has 1 aliphatic rings. The number of hydrogen-bond acceptors (Lipinski definition) is 6. The third-order valence-corrected chi connectivity index (χ3v) is 5.14. The predicted octanol–water partition coefficient (Wildman–Crippen LogP) is 1.23. The number of imide groups is 1. The molecule has 1 saturated heterocycles. The van der Waals surface area contributed by atoms with E-state index in [1.807, 2.05) is 10.6 Å². The minimum absolute atomic E-state index is 0.0977. The van der Waals surface area contributed by atoms with Gasteiger partial charge in [-0.25, -0.2) is 4.79 Å². The van der Waals surface area contributed by atoms with E-state index in [0.29, 0.717) is 12.3 Å². The van der Waals surface area contributed by atoms with Gasteiger partial charge in [0, 0.05) is 23.7 Å². The van der Waals surface area contributed by atoms with Crippen molar-refractivity contribution in [3.05, 3.63) is 28.7 Å². The lowest BCUT2D eigenvalue weighted by Gasteiger charge is -2.11. The molecule has 22 heavy (non-hydrogen) atoms. The smallest absolute Gasteiger partial charge is 0.324 e. The van der Waals surface area contributed by atoms with Crippen molar-refractivity contribution in [2.75, 3.05) is 18.8 Å². The third kappa shape index (κ3) is 3.47. The molecule has 2 aromatic rings. The normalized spacial score (nSPS) is 14.6. The van der Waals surface area contributed by atoms with Crippen molar-refractivity contribution in [3.63, 3.8) is 0 Å². The van der Waals surface area contributed by atoms with Crippen LogP contribution in [0.25, 0.3) is 0 Å². The number of thiophene rings is 1. The molecule has 0 aliphatic carbocycles. The topological polar surface area (TPSA) is 80.1 Å².